The number of ether oxygens (including phenoxy) is 1. The number of nitrogens with zero attached hydrogens (tertiary/aromatic N) is 1. The number of hydrogen-bond acceptors (Lipinski definition) is 3. The highest BCUT2D eigenvalue weighted by atomic mass is 32.1. The molecular weight excluding hydrogens is 222 g/mol. The van der Waals surface area contributed by atoms with Gasteiger partial charge in [-0.15, -0.1) is 0 Å². The summed E-state index contributed by atoms with van der Waals surface area (Å²) in [7, 11) is 0. The van der Waals surface area contributed by atoms with E-state index in [0.717, 1.165) is 31.2 Å². The van der Waals surface area contributed by atoms with Gasteiger partial charge in [-0.05, 0) is 43.0 Å². The molecule has 0 amide bonds. The fourth-order valence-electron chi connectivity index (χ4n) is 2.04. The maximum atomic E-state index is 11.8. The molecule has 16 heavy (non-hydrogen) atoms. The minimum absolute atomic E-state index is 0.326. The Bertz CT molecular complexity index is 456. The van der Waals surface area contributed by atoms with E-state index in [1.54, 1.807) is 6.92 Å². The lowest BCUT2D eigenvalue weighted by molar-refractivity contribution is 0.0527. The highest BCUT2D eigenvalue weighted by molar-refractivity contribution is 7.16. The molecule has 0 saturated heterocycles. The summed E-state index contributed by atoms with van der Waals surface area (Å²) in [6.07, 6.45) is 4.18. The van der Waals surface area contributed by atoms with Crippen LogP contribution in [0.1, 0.15) is 40.6 Å². The van der Waals surface area contributed by atoms with Gasteiger partial charge in [0.25, 0.3) is 5.00 Å². The quantitative estimate of drug-likeness (QED) is 0.581. The molecule has 0 fully saturated rings. The third kappa shape index (κ3) is 1.83. The van der Waals surface area contributed by atoms with Gasteiger partial charge in [-0.25, -0.2) is 9.64 Å². The molecule has 0 aromatic carbocycles. The van der Waals surface area contributed by atoms with Gasteiger partial charge < -0.3 is 4.74 Å². The van der Waals surface area contributed by atoms with Crippen LogP contribution in [-0.2, 0) is 17.6 Å². The summed E-state index contributed by atoms with van der Waals surface area (Å²) >= 11 is 1.46. The fourth-order valence-corrected chi connectivity index (χ4v) is 3.21. The Labute approximate surface area is 98.9 Å². The molecule has 1 aliphatic rings. The highest BCUT2D eigenvalue weighted by Crippen LogP contribution is 2.40. The van der Waals surface area contributed by atoms with Gasteiger partial charge >= 0.3 is 5.97 Å². The zero-order valence-electron chi connectivity index (χ0n) is 9.21. The van der Waals surface area contributed by atoms with Gasteiger partial charge in [-0.2, -0.15) is 11.3 Å². The Morgan fingerprint density at radius 1 is 1.50 bits per heavy atom. The molecule has 84 valence electrons. The second-order valence-electron chi connectivity index (χ2n) is 3.72. The average Bonchev–Trinajstić information content (AvgIpc) is 2.67. The molecule has 1 heterocycles. The van der Waals surface area contributed by atoms with E-state index in [2.05, 4.69) is 4.85 Å². The van der Waals surface area contributed by atoms with Crippen molar-refractivity contribution in [2.45, 2.75) is 32.6 Å². The van der Waals surface area contributed by atoms with Crippen LogP contribution in [0.3, 0.4) is 0 Å². The lowest BCUT2D eigenvalue weighted by Crippen LogP contribution is -2.09. The molecule has 0 saturated carbocycles. The lowest BCUT2D eigenvalue weighted by Gasteiger charge is -2.12. The van der Waals surface area contributed by atoms with Crippen LogP contribution in [0.2, 0.25) is 0 Å². The minimum atomic E-state index is -0.326. The number of carbonyl (C=O) groups is 1. The first-order chi connectivity index (χ1) is 7.77. The van der Waals surface area contributed by atoms with Gasteiger partial charge in [0.2, 0.25) is 0 Å². The second kappa shape index (κ2) is 4.67. The van der Waals surface area contributed by atoms with E-state index >= 15 is 0 Å². The number of rotatable bonds is 2. The van der Waals surface area contributed by atoms with Crippen molar-refractivity contribution in [1.82, 2.24) is 0 Å². The minimum Gasteiger partial charge on any atom is -0.463 e. The van der Waals surface area contributed by atoms with Crippen LogP contribution in [0, 0.1) is 6.57 Å². The van der Waals surface area contributed by atoms with Crippen LogP contribution in [0.25, 0.3) is 4.85 Å². The maximum Gasteiger partial charge on any atom is 0.328 e. The predicted molar refractivity (Wildman–Crippen MR) is 63.2 cm³/mol. The number of carbonyl (C=O) groups excluding carboxylic acids is 1. The van der Waals surface area contributed by atoms with E-state index in [-0.39, 0.29) is 5.97 Å². The summed E-state index contributed by atoms with van der Waals surface area (Å²) in [5.74, 6) is -0.326. The number of thiophene rings is 1. The first-order valence-electron chi connectivity index (χ1n) is 5.47. The first-order valence-corrected chi connectivity index (χ1v) is 6.28. The number of esters is 1. The third-order valence-corrected chi connectivity index (χ3v) is 3.92. The standard InChI is InChI=1S/C12H13NO2S/c1-3-15-12(14)10-8-6-4-5-7-9(8)16-11(10)13-2/h3-7H2,1H3. The van der Waals surface area contributed by atoms with Gasteiger partial charge in [0.05, 0.1) is 18.7 Å². The highest BCUT2D eigenvalue weighted by Gasteiger charge is 2.25. The number of fused-ring (bicyclic) bond motifs is 1. The normalized spacial score (nSPS) is 14.0. The Morgan fingerprint density at radius 2 is 2.25 bits per heavy atom. The Morgan fingerprint density at radius 3 is 2.94 bits per heavy atom. The Kier molecular flexibility index (Phi) is 3.25. The molecule has 0 spiro atoms. The van der Waals surface area contributed by atoms with E-state index in [1.165, 1.54) is 16.2 Å². The van der Waals surface area contributed by atoms with E-state index in [9.17, 15) is 4.79 Å². The monoisotopic (exact) mass is 235 g/mol. The van der Waals surface area contributed by atoms with Gasteiger partial charge in [0, 0.05) is 0 Å². The largest absolute Gasteiger partial charge is 0.463 e. The van der Waals surface area contributed by atoms with Crippen LogP contribution in [0.4, 0.5) is 5.00 Å². The summed E-state index contributed by atoms with van der Waals surface area (Å²) < 4.78 is 5.02. The van der Waals surface area contributed by atoms with Crippen LogP contribution in [-0.4, -0.2) is 12.6 Å². The van der Waals surface area contributed by atoms with Crippen molar-refractivity contribution < 1.29 is 9.53 Å². The molecule has 0 aliphatic heterocycles. The number of hydrogen-bond donors (Lipinski definition) is 0. The van der Waals surface area contributed by atoms with Crippen LogP contribution >= 0.6 is 11.3 Å². The Hall–Kier alpha value is -1.34. The number of aryl methyl sites for hydroxylation is 1. The van der Waals surface area contributed by atoms with Crippen LogP contribution in [0.15, 0.2) is 0 Å². The summed E-state index contributed by atoms with van der Waals surface area (Å²) in [5.41, 5.74) is 1.61. The summed E-state index contributed by atoms with van der Waals surface area (Å²) in [4.78, 5) is 16.5. The summed E-state index contributed by atoms with van der Waals surface area (Å²) in [5, 5.41) is 0.505. The van der Waals surface area contributed by atoms with E-state index in [4.69, 9.17) is 11.3 Å². The molecule has 0 bridgehead atoms. The molecular formula is C12H13NO2S. The molecule has 2 rings (SSSR count). The van der Waals surface area contributed by atoms with Crippen LogP contribution in [0.5, 0.6) is 0 Å². The van der Waals surface area contributed by atoms with Crippen molar-refractivity contribution in [1.29, 1.82) is 0 Å². The molecule has 1 aromatic rings. The summed E-state index contributed by atoms with van der Waals surface area (Å²) in [6, 6.07) is 0. The first kappa shape index (κ1) is 11.2. The maximum absolute atomic E-state index is 11.8. The van der Waals surface area contributed by atoms with Crippen LogP contribution < -0.4 is 0 Å². The van der Waals surface area contributed by atoms with Gasteiger partial charge in [0.1, 0.15) is 0 Å². The fraction of sp³-hybridized carbons (Fsp3) is 0.500. The molecule has 1 aliphatic carbocycles. The lowest BCUT2D eigenvalue weighted by atomic mass is 9.95. The zero-order chi connectivity index (χ0) is 11.5. The van der Waals surface area contributed by atoms with Crippen molar-refractivity contribution in [3.8, 4) is 0 Å². The van der Waals surface area contributed by atoms with Crippen molar-refractivity contribution in [2.24, 2.45) is 0 Å². The van der Waals surface area contributed by atoms with E-state index < -0.39 is 0 Å². The summed E-state index contributed by atoms with van der Waals surface area (Å²) in [6.45, 7) is 9.27. The smallest absolute Gasteiger partial charge is 0.328 e. The van der Waals surface area contributed by atoms with Crippen molar-refractivity contribution >= 4 is 22.3 Å². The molecule has 0 N–H and O–H groups in total. The van der Waals surface area contributed by atoms with E-state index in [1.807, 2.05) is 0 Å². The second-order valence-corrected chi connectivity index (χ2v) is 4.81. The average molecular weight is 235 g/mol. The van der Waals surface area contributed by atoms with Gasteiger partial charge in [0.15, 0.2) is 0 Å². The van der Waals surface area contributed by atoms with Gasteiger partial charge in [-0.1, -0.05) is 0 Å². The molecule has 3 nitrogen and oxygen atoms in total. The zero-order valence-corrected chi connectivity index (χ0v) is 10.0. The molecule has 0 atom stereocenters. The molecule has 4 heteroatoms. The third-order valence-electron chi connectivity index (χ3n) is 2.73. The van der Waals surface area contributed by atoms with E-state index in [0.29, 0.717) is 17.2 Å². The predicted octanol–water partition coefficient (Wildman–Crippen LogP) is 3.35. The molecule has 1 aromatic heterocycles. The Balaban J connectivity index is 2.45. The van der Waals surface area contributed by atoms with Crippen molar-refractivity contribution in [3.63, 3.8) is 0 Å². The van der Waals surface area contributed by atoms with Gasteiger partial charge in [-0.3, -0.25) is 0 Å². The molecule has 0 radical (unpaired) electrons. The SMILES string of the molecule is [C-]#[N+]c1sc2c(c1C(=O)OCC)CCCC2. The van der Waals surface area contributed by atoms with Crippen molar-refractivity contribution in [3.05, 3.63) is 27.4 Å². The molecule has 0 unspecified atom stereocenters. The van der Waals surface area contributed by atoms with Crippen molar-refractivity contribution in [2.75, 3.05) is 6.61 Å². The topological polar surface area (TPSA) is 30.7 Å².